The second-order valence-corrected chi connectivity index (χ2v) is 5.80. The zero-order valence-corrected chi connectivity index (χ0v) is 12.6. The van der Waals surface area contributed by atoms with E-state index >= 15 is 0 Å². The van der Waals surface area contributed by atoms with Crippen molar-refractivity contribution in [3.63, 3.8) is 0 Å². The number of hydrogen-bond donors (Lipinski definition) is 2. The molecule has 0 spiro atoms. The number of nitrogens with zero attached hydrogens (tertiary/aromatic N) is 3. The van der Waals surface area contributed by atoms with Crippen LogP contribution in [0.1, 0.15) is 63.3 Å². The third-order valence-electron chi connectivity index (χ3n) is 2.72. The highest BCUT2D eigenvalue weighted by molar-refractivity contribution is 5.87. The molecule has 1 heterocycles. The monoisotopic (exact) mass is 282 g/mol. The molecule has 7 nitrogen and oxygen atoms in total. The van der Waals surface area contributed by atoms with Crippen LogP contribution >= 0.6 is 0 Å². The lowest BCUT2D eigenvalue weighted by atomic mass is 10.1. The molecular weight excluding hydrogens is 260 g/mol. The van der Waals surface area contributed by atoms with E-state index in [0.717, 1.165) is 6.42 Å². The summed E-state index contributed by atoms with van der Waals surface area (Å²) in [6.07, 6.45) is 1.27. The lowest BCUT2D eigenvalue weighted by molar-refractivity contribution is -0.125. The van der Waals surface area contributed by atoms with Gasteiger partial charge < -0.3 is 10.4 Å². The first-order valence-electron chi connectivity index (χ1n) is 6.66. The fourth-order valence-corrected chi connectivity index (χ4v) is 1.85. The summed E-state index contributed by atoms with van der Waals surface area (Å²) in [5.74, 6) is -1.33. The second-order valence-electron chi connectivity index (χ2n) is 5.80. The maximum absolute atomic E-state index is 12.1. The minimum Gasteiger partial charge on any atom is -0.476 e. The van der Waals surface area contributed by atoms with Gasteiger partial charge in [-0.05, 0) is 34.1 Å². The molecule has 0 bridgehead atoms. The van der Waals surface area contributed by atoms with Crippen LogP contribution in [0.25, 0.3) is 0 Å². The summed E-state index contributed by atoms with van der Waals surface area (Å²) in [5, 5.41) is 19.4. The Hall–Kier alpha value is -1.92. The van der Waals surface area contributed by atoms with Gasteiger partial charge in [-0.25, -0.2) is 9.48 Å². The van der Waals surface area contributed by atoms with Gasteiger partial charge in [-0.3, -0.25) is 4.79 Å². The molecule has 1 unspecified atom stereocenters. The van der Waals surface area contributed by atoms with Crippen molar-refractivity contribution in [1.82, 2.24) is 20.3 Å². The molecule has 0 fully saturated rings. The van der Waals surface area contributed by atoms with Crippen LogP contribution in [0.5, 0.6) is 0 Å². The molecule has 1 aromatic rings. The highest BCUT2D eigenvalue weighted by Gasteiger charge is 2.26. The average Bonchev–Trinajstić information content (AvgIpc) is 2.70. The minimum absolute atomic E-state index is 0.0812. The Morgan fingerprint density at radius 3 is 2.45 bits per heavy atom. The quantitative estimate of drug-likeness (QED) is 0.851. The van der Waals surface area contributed by atoms with E-state index in [4.69, 9.17) is 5.11 Å². The first-order valence-corrected chi connectivity index (χ1v) is 6.66. The van der Waals surface area contributed by atoms with Crippen LogP contribution < -0.4 is 5.32 Å². The third kappa shape index (κ3) is 3.79. The van der Waals surface area contributed by atoms with Crippen molar-refractivity contribution in [3.05, 3.63) is 11.4 Å². The van der Waals surface area contributed by atoms with Gasteiger partial charge in [0.05, 0.1) is 5.69 Å². The van der Waals surface area contributed by atoms with E-state index in [1.807, 2.05) is 27.7 Å². The van der Waals surface area contributed by atoms with E-state index in [2.05, 4.69) is 15.6 Å². The molecule has 0 aliphatic rings. The van der Waals surface area contributed by atoms with Crippen molar-refractivity contribution < 1.29 is 14.7 Å². The molecule has 1 amide bonds. The molecule has 0 aliphatic heterocycles. The highest BCUT2D eigenvalue weighted by Crippen LogP contribution is 2.15. The lowest BCUT2D eigenvalue weighted by Gasteiger charge is -2.23. The summed E-state index contributed by atoms with van der Waals surface area (Å²) in [6, 6.07) is -0.601. The predicted octanol–water partition coefficient (Wildman–Crippen LogP) is 1.40. The SMILES string of the molecule is CCCc1c(C(=O)O)nnn1C(C)C(=O)NC(C)(C)C. The maximum atomic E-state index is 12.1. The number of hydrogen-bond acceptors (Lipinski definition) is 4. The predicted molar refractivity (Wildman–Crippen MR) is 73.6 cm³/mol. The Balaban J connectivity index is 3.06. The smallest absolute Gasteiger partial charge is 0.358 e. The molecule has 0 saturated heterocycles. The van der Waals surface area contributed by atoms with Crippen LogP contribution in [0.4, 0.5) is 0 Å². The molecule has 2 N–H and O–H groups in total. The van der Waals surface area contributed by atoms with Gasteiger partial charge in [0, 0.05) is 5.54 Å². The second kappa shape index (κ2) is 6.02. The van der Waals surface area contributed by atoms with Gasteiger partial charge in [0.1, 0.15) is 6.04 Å². The van der Waals surface area contributed by atoms with Crippen molar-refractivity contribution >= 4 is 11.9 Å². The number of aromatic carboxylic acids is 1. The Bertz CT molecular complexity index is 502. The van der Waals surface area contributed by atoms with Crippen molar-refractivity contribution in [1.29, 1.82) is 0 Å². The van der Waals surface area contributed by atoms with Gasteiger partial charge in [0.15, 0.2) is 5.69 Å². The topological polar surface area (TPSA) is 97.1 Å². The number of carbonyl (C=O) groups is 2. The molecule has 1 aromatic heterocycles. The van der Waals surface area contributed by atoms with Crippen LogP contribution in [-0.2, 0) is 11.2 Å². The van der Waals surface area contributed by atoms with E-state index in [1.54, 1.807) is 6.92 Å². The summed E-state index contributed by atoms with van der Waals surface area (Å²) < 4.78 is 1.40. The first-order chi connectivity index (χ1) is 9.17. The Kier molecular flexibility index (Phi) is 4.86. The zero-order valence-electron chi connectivity index (χ0n) is 12.6. The highest BCUT2D eigenvalue weighted by atomic mass is 16.4. The Morgan fingerprint density at radius 2 is 2.00 bits per heavy atom. The molecule has 7 heteroatoms. The van der Waals surface area contributed by atoms with E-state index in [0.29, 0.717) is 12.1 Å². The summed E-state index contributed by atoms with van der Waals surface area (Å²) in [5.41, 5.74) is 0.0470. The first kappa shape index (κ1) is 16.1. The molecule has 112 valence electrons. The van der Waals surface area contributed by atoms with Gasteiger partial charge in [0.25, 0.3) is 0 Å². The number of rotatable bonds is 5. The number of carboxylic acid groups (broad SMARTS) is 1. The zero-order chi connectivity index (χ0) is 15.5. The maximum Gasteiger partial charge on any atom is 0.358 e. The van der Waals surface area contributed by atoms with Gasteiger partial charge in [-0.15, -0.1) is 5.10 Å². The molecule has 1 rings (SSSR count). The molecule has 1 atom stereocenters. The Labute approximate surface area is 118 Å². The van der Waals surface area contributed by atoms with Crippen LogP contribution in [0.3, 0.4) is 0 Å². The van der Waals surface area contributed by atoms with Crippen molar-refractivity contribution in [2.24, 2.45) is 0 Å². The van der Waals surface area contributed by atoms with Crippen molar-refractivity contribution in [2.75, 3.05) is 0 Å². The minimum atomic E-state index is -1.12. The summed E-state index contributed by atoms with van der Waals surface area (Å²) in [6.45, 7) is 9.27. The number of amides is 1. The van der Waals surface area contributed by atoms with Gasteiger partial charge in [-0.1, -0.05) is 18.6 Å². The Morgan fingerprint density at radius 1 is 1.40 bits per heavy atom. The molecule has 0 aromatic carbocycles. The van der Waals surface area contributed by atoms with E-state index in [1.165, 1.54) is 4.68 Å². The van der Waals surface area contributed by atoms with Gasteiger partial charge >= 0.3 is 5.97 Å². The lowest BCUT2D eigenvalue weighted by Crippen LogP contribution is -2.44. The van der Waals surface area contributed by atoms with E-state index in [-0.39, 0.29) is 17.1 Å². The van der Waals surface area contributed by atoms with Gasteiger partial charge in [0.2, 0.25) is 5.91 Å². The summed E-state index contributed by atoms with van der Waals surface area (Å²) >= 11 is 0. The van der Waals surface area contributed by atoms with Crippen LogP contribution in [0.15, 0.2) is 0 Å². The number of nitrogens with one attached hydrogen (secondary N) is 1. The average molecular weight is 282 g/mol. The third-order valence-corrected chi connectivity index (χ3v) is 2.72. The fourth-order valence-electron chi connectivity index (χ4n) is 1.85. The number of carbonyl (C=O) groups excluding carboxylic acids is 1. The largest absolute Gasteiger partial charge is 0.476 e. The van der Waals surface area contributed by atoms with E-state index < -0.39 is 12.0 Å². The standard InChI is InChI=1S/C13H22N4O3/c1-6-7-9-10(12(19)20)15-16-17(9)8(2)11(18)14-13(3,4)5/h8H,6-7H2,1-5H3,(H,14,18)(H,19,20). The molecule has 0 radical (unpaired) electrons. The van der Waals surface area contributed by atoms with Crippen LogP contribution in [-0.4, -0.2) is 37.5 Å². The van der Waals surface area contributed by atoms with Gasteiger partial charge in [-0.2, -0.15) is 0 Å². The molecule has 0 aliphatic carbocycles. The normalized spacial score (nSPS) is 13.1. The number of carboxylic acids is 1. The fraction of sp³-hybridized carbons (Fsp3) is 0.692. The number of aromatic nitrogens is 3. The van der Waals surface area contributed by atoms with Crippen LogP contribution in [0, 0.1) is 0 Å². The molecular formula is C13H22N4O3. The summed E-state index contributed by atoms with van der Waals surface area (Å²) in [4.78, 5) is 23.3. The summed E-state index contributed by atoms with van der Waals surface area (Å²) in [7, 11) is 0. The molecule has 20 heavy (non-hydrogen) atoms. The van der Waals surface area contributed by atoms with Crippen molar-refractivity contribution in [3.8, 4) is 0 Å². The van der Waals surface area contributed by atoms with Crippen molar-refractivity contribution in [2.45, 2.75) is 59.0 Å². The molecule has 0 saturated carbocycles. The van der Waals surface area contributed by atoms with Crippen LogP contribution in [0.2, 0.25) is 0 Å². The van der Waals surface area contributed by atoms with E-state index in [9.17, 15) is 9.59 Å².